The van der Waals surface area contributed by atoms with Crippen LogP contribution in [0.5, 0.6) is 5.75 Å². The van der Waals surface area contributed by atoms with Crippen molar-refractivity contribution in [3.05, 3.63) is 51.2 Å². The van der Waals surface area contributed by atoms with Gasteiger partial charge in [-0.2, -0.15) is 0 Å². The highest BCUT2D eigenvalue weighted by molar-refractivity contribution is 7.10. The normalized spacial score (nSPS) is 15.5. The maximum Gasteiger partial charge on any atom is 0.249 e. The topological polar surface area (TPSA) is 59.1 Å². The van der Waals surface area contributed by atoms with Crippen molar-refractivity contribution in [3.63, 3.8) is 0 Å². The van der Waals surface area contributed by atoms with Crippen LogP contribution in [-0.2, 0) is 20.7 Å². The number of carbonyl (C=O) groups excluding carboxylic acids is 2. The molecule has 0 unspecified atom stereocenters. The minimum Gasteiger partial charge on any atom is -0.491 e. The largest absolute Gasteiger partial charge is 0.491 e. The third kappa shape index (κ3) is 5.66. The number of aryl methyl sites for hydroxylation is 2. The van der Waals surface area contributed by atoms with Gasteiger partial charge in [-0.1, -0.05) is 24.6 Å². The summed E-state index contributed by atoms with van der Waals surface area (Å²) in [7, 11) is 1.49. The first-order valence-corrected chi connectivity index (χ1v) is 11.6. The number of thiophene rings is 1. The molecular weight excluding hydrogens is 412 g/mol. The van der Waals surface area contributed by atoms with Crippen molar-refractivity contribution >= 4 is 23.2 Å². The Hall–Kier alpha value is -2.38. The predicted octanol–water partition coefficient (Wildman–Crippen LogP) is 3.75. The quantitative estimate of drug-likeness (QED) is 0.591. The molecule has 2 aromatic rings. The van der Waals surface area contributed by atoms with Crippen molar-refractivity contribution in [1.82, 2.24) is 9.80 Å². The van der Waals surface area contributed by atoms with Gasteiger partial charge in [-0.05, 0) is 55.3 Å². The summed E-state index contributed by atoms with van der Waals surface area (Å²) in [6, 6.07) is 8.05. The second-order valence-electron chi connectivity index (χ2n) is 7.98. The Balaban J connectivity index is 1.77. The molecule has 1 aromatic heterocycles. The lowest BCUT2D eigenvalue weighted by atomic mass is 10.00. The van der Waals surface area contributed by atoms with E-state index in [0.29, 0.717) is 19.7 Å². The van der Waals surface area contributed by atoms with Gasteiger partial charge in [-0.15, -0.1) is 11.3 Å². The van der Waals surface area contributed by atoms with Gasteiger partial charge in [0.25, 0.3) is 0 Å². The second-order valence-corrected chi connectivity index (χ2v) is 8.98. The predicted molar refractivity (Wildman–Crippen MR) is 123 cm³/mol. The van der Waals surface area contributed by atoms with Crippen molar-refractivity contribution in [1.29, 1.82) is 0 Å². The number of hydrogen-bond acceptors (Lipinski definition) is 5. The first-order chi connectivity index (χ1) is 14.9. The number of carbonyl (C=O) groups is 2. The summed E-state index contributed by atoms with van der Waals surface area (Å²) < 4.78 is 11.2. The Morgan fingerprint density at radius 2 is 2.06 bits per heavy atom. The standard InChI is InChI=1S/C24H32N2O4S/c1-5-10-25(24(28)16-29-4)14-23(27)26-11-8-22-19(9-12-31-22)20(26)15-30-21-7-6-17(2)13-18(21)3/h6-7,9,12-13,20H,5,8,10-11,14-16H2,1-4H3/t20-/m1/s1. The SMILES string of the molecule is CCCN(CC(=O)N1CCc2sccc2[C@H]1COc1ccc(C)cc1C)C(=O)COC. The third-order valence-electron chi connectivity index (χ3n) is 5.58. The lowest BCUT2D eigenvalue weighted by molar-refractivity contribution is -0.144. The van der Waals surface area contributed by atoms with Crippen molar-refractivity contribution in [2.24, 2.45) is 0 Å². The third-order valence-corrected chi connectivity index (χ3v) is 6.58. The number of benzene rings is 1. The monoisotopic (exact) mass is 444 g/mol. The van der Waals surface area contributed by atoms with E-state index in [2.05, 4.69) is 24.4 Å². The second kappa shape index (κ2) is 10.8. The summed E-state index contributed by atoms with van der Waals surface area (Å²) in [4.78, 5) is 30.4. The van der Waals surface area contributed by atoms with Gasteiger partial charge in [0, 0.05) is 25.1 Å². The molecule has 0 N–H and O–H groups in total. The van der Waals surface area contributed by atoms with E-state index in [9.17, 15) is 9.59 Å². The van der Waals surface area contributed by atoms with Gasteiger partial charge >= 0.3 is 0 Å². The van der Waals surface area contributed by atoms with Gasteiger partial charge < -0.3 is 19.3 Å². The summed E-state index contributed by atoms with van der Waals surface area (Å²) in [6.45, 7) is 7.70. The van der Waals surface area contributed by atoms with Crippen LogP contribution in [0.3, 0.4) is 0 Å². The number of rotatable bonds is 9. The molecule has 0 radical (unpaired) electrons. The summed E-state index contributed by atoms with van der Waals surface area (Å²) in [5, 5.41) is 2.08. The molecule has 6 nitrogen and oxygen atoms in total. The fourth-order valence-electron chi connectivity index (χ4n) is 4.04. The van der Waals surface area contributed by atoms with Crippen LogP contribution in [-0.4, -0.2) is 61.6 Å². The van der Waals surface area contributed by atoms with E-state index in [-0.39, 0.29) is 31.0 Å². The molecule has 168 valence electrons. The fraction of sp³-hybridized carbons (Fsp3) is 0.500. The van der Waals surface area contributed by atoms with E-state index in [1.807, 2.05) is 30.9 Å². The molecule has 2 heterocycles. The lowest BCUT2D eigenvalue weighted by Gasteiger charge is -2.37. The number of fused-ring (bicyclic) bond motifs is 1. The van der Waals surface area contributed by atoms with Crippen molar-refractivity contribution in [2.75, 3.05) is 40.0 Å². The maximum atomic E-state index is 13.3. The molecular formula is C24H32N2O4S. The van der Waals surface area contributed by atoms with Crippen molar-refractivity contribution in [2.45, 2.75) is 39.7 Å². The van der Waals surface area contributed by atoms with Crippen LogP contribution in [0.15, 0.2) is 29.6 Å². The van der Waals surface area contributed by atoms with E-state index in [4.69, 9.17) is 9.47 Å². The van der Waals surface area contributed by atoms with Crippen LogP contribution >= 0.6 is 11.3 Å². The Morgan fingerprint density at radius 3 is 2.77 bits per heavy atom. The number of hydrogen-bond donors (Lipinski definition) is 0. The smallest absolute Gasteiger partial charge is 0.249 e. The lowest BCUT2D eigenvalue weighted by Crippen LogP contribution is -2.48. The van der Waals surface area contributed by atoms with Crippen LogP contribution in [0.1, 0.15) is 41.0 Å². The summed E-state index contributed by atoms with van der Waals surface area (Å²) in [6.07, 6.45) is 1.62. The van der Waals surface area contributed by atoms with Crippen LogP contribution < -0.4 is 4.74 Å². The number of methoxy groups -OCH3 is 1. The van der Waals surface area contributed by atoms with E-state index in [1.165, 1.54) is 17.6 Å². The Bertz CT molecular complexity index is 911. The molecule has 1 aromatic carbocycles. The van der Waals surface area contributed by atoms with Crippen LogP contribution in [0, 0.1) is 13.8 Å². The molecule has 0 fully saturated rings. The van der Waals surface area contributed by atoms with Gasteiger partial charge in [-0.3, -0.25) is 9.59 Å². The molecule has 0 saturated heterocycles. The van der Waals surface area contributed by atoms with Gasteiger partial charge in [-0.25, -0.2) is 0 Å². The van der Waals surface area contributed by atoms with Gasteiger partial charge in [0.05, 0.1) is 12.6 Å². The van der Waals surface area contributed by atoms with Crippen LogP contribution in [0.2, 0.25) is 0 Å². The zero-order chi connectivity index (χ0) is 22.4. The molecule has 7 heteroatoms. The molecule has 2 amide bonds. The molecule has 0 saturated carbocycles. The van der Waals surface area contributed by atoms with Crippen LogP contribution in [0.4, 0.5) is 0 Å². The minimum absolute atomic E-state index is 0.0127. The summed E-state index contributed by atoms with van der Waals surface area (Å²) >= 11 is 1.73. The van der Waals surface area contributed by atoms with Crippen molar-refractivity contribution in [3.8, 4) is 5.75 Å². The van der Waals surface area contributed by atoms with Crippen LogP contribution in [0.25, 0.3) is 0 Å². The zero-order valence-electron chi connectivity index (χ0n) is 18.8. The first kappa shape index (κ1) is 23.3. The number of ether oxygens (including phenoxy) is 2. The Morgan fingerprint density at radius 1 is 1.26 bits per heavy atom. The highest BCUT2D eigenvalue weighted by atomic mass is 32.1. The molecule has 0 bridgehead atoms. The molecule has 31 heavy (non-hydrogen) atoms. The first-order valence-electron chi connectivity index (χ1n) is 10.8. The summed E-state index contributed by atoms with van der Waals surface area (Å²) in [5.41, 5.74) is 3.43. The maximum absolute atomic E-state index is 13.3. The number of amides is 2. The highest BCUT2D eigenvalue weighted by Crippen LogP contribution is 2.34. The average molecular weight is 445 g/mol. The molecule has 3 rings (SSSR count). The molecule has 1 aliphatic rings. The van der Waals surface area contributed by atoms with E-state index < -0.39 is 0 Å². The average Bonchev–Trinajstić information content (AvgIpc) is 3.22. The minimum atomic E-state index is -0.163. The van der Waals surface area contributed by atoms with E-state index in [1.54, 1.807) is 16.2 Å². The molecule has 0 aliphatic carbocycles. The zero-order valence-corrected chi connectivity index (χ0v) is 19.7. The van der Waals surface area contributed by atoms with Crippen molar-refractivity contribution < 1.29 is 19.1 Å². The molecule has 0 spiro atoms. The van der Waals surface area contributed by atoms with Gasteiger partial charge in [0.15, 0.2) is 0 Å². The van der Waals surface area contributed by atoms with E-state index in [0.717, 1.165) is 29.7 Å². The molecule has 1 atom stereocenters. The molecule has 1 aliphatic heterocycles. The fourth-order valence-corrected chi connectivity index (χ4v) is 4.96. The highest BCUT2D eigenvalue weighted by Gasteiger charge is 2.33. The van der Waals surface area contributed by atoms with E-state index >= 15 is 0 Å². The van der Waals surface area contributed by atoms with Gasteiger partial charge in [0.1, 0.15) is 19.0 Å². The van der Waals surface area contributed by atoms with Gasteiger partial charge in [0.2, 0.25) is 11.8 Å². The Kier molecular flexibility index (Phi) is 8.09. The Labute approximate surface area is 188 Å². The number of nitrogens with zero attached hydrogens (tertiary/aromatic N) is 2. The summed E-state index contributed by atoms with van der Waals surface area (Å²) in [5.74, 6) is 0.626.